The van der Waals surface area contributed by atoms with E-state index in [1.165, 1.54) is 26.4 Å². The Morgan fingerprint density at radius 3 is 2.60 bits per heavy atom. The normalized spacial score (nSPS) is 10.1. The Balaban J connectivity index is 2.65. The van der Waals surface area contributed by atoms with Crippen molar-refractivity contribution in [3.8, 4) is 22.8 Å². The van der Waals surface area contributed by atoms with E-state index in [0.29, 0.717) is 22.8 Å². The molecular formula is C13H13N3O4. The van der Waals surface area contributed by atoms with E-state index in [1.54, 1.807) is 18.2 Å². The number of nitro groups is 1. The molecule has 0 aliphatic carbocycles. The molecule has 0 saturated heterocycles. The zero-order valence-corrected chi connectivity index (χ0v) is 11.0. The number of para-hydroxylation sites is 1. The number of ether oxygens (including phenoxy) is 2. The van der Waals surface area contributed by atoms with Crippen LogP contribution in [0.25, 0.3) is 11.3 Å². The van der Waals surface area contributed by atoms with Gasteiger partial charge in [0.1, 0.15) is 5.82 Å². The molecule has 0 bridgehead atoms. The number of pyridine rings is 1. The first-order valence-electron chi connectivity index (χ1n) is 5.70. The van der Waals surface area contributed by atoms with Crippen molar-refractivity contribution in [1.29, 1.82) is 0 Å². The lowest BCUT2D eigenvalue weighted by molar-refractivity contribution is -0.384. The second-order valence-electron chi connectivity index (χ2n) is 3.93. The maximum absolute atomic E-state index is 10.9. The Bertz CT molecular complexity index is 658. The third-order valence-electron chi connectivity index (χ3n) is 2.72. The van der Waals surface area contributed by atoms with Crippen LogP contribution in [0.4, 0.5) is 11.5 Å². The van der Waals surface area contributed by atoms with Gasteiger partial charge in [-0.3, -0.25) is 10.1 Å². The molecule has 1 aromatic carbocycles. The van der Waals surface area contributed by atoms with E-state index < -0.39 is 4.92 Å². The first-order chi connectivity index (χ1) is 9.56. The topological polar surface area (TPSA) is 101 Å². The minimum absolute atomic E-state index is 0.0686. The number of nitrogen functional groups attached to an aromatic ring is 1. The predicted octanol–water partition coefficient (Wildman–Crippen LogP) is 2.26. The summed E-state index contributed by atoms with van der Waals surface area (Å²) in [5, 5.41) is 10.9. The van der Waals surface area contributed by atoms with Crippen molar-refractivity contribution in [1.82, 2.24) is 4.98 Å². The van der Waals surface area contributed by atoms with Crippen molar-refractivity contribution >= 4 is 11.5 Å². The van der Waals surface area contributed by atoms with E-state index in [0.717, 1.165) is 0 Å². The fraction of sp³-hybridized carbons (Fsp3) is 0.154. The van der Waals surface area contributed by atoms with Crippen molar-refractivity contribution < 1.29 is 14.4 Å². The van der Waals surface area contributed by atoms with Crippen LogP contribution in [0.1, 0.15) is 0 Å². The molecule has 0 aliphatic rings. The molecule has 1 heterocycles. The van der Waals surface area contributed by atoms with E-state index in [2.05, 4.69) is 4.98 Å². The quantitative estimate of drug-likeness (QED) is 0.678. The average Bonchev–Trinajstić information content (AvgIpc) is 2.45. The lowest BCUT2D eigenvalue weighted by Gasteiger charge is -2.12. The number of nitrogens with zero attached hydrogens (tertiary/aromatic N) is 2. The summed E-state index contributed by atoms with van der Waals surface area (Å²) in [5.41, 5.74) is 6.41. The van der Waals surface area contributed by atoms with Crippen molar-refractivity contribution in [3.63, 3.8) is 0 Å². The Labute approximate surface area is 115 Å². The van der Waals surface area contributed by atoms with Gasteiger partial charge in [0.2, 0.25) is 0 Å². The molecule has 7 heteroatoms. The van der Waals surface area contributed by atoms with Crippen LogP contribution in [0.3, 0.4) is 0 Å². The summed E-state index contributed by atoms with van der Waals surface area (Å²) in [5.74, 6) is 1.03. The molecule has 104 valence electrons. The van der Waals surface area contributed by atoms with Gasteiger partial charge >= 0.3 is 0 Å². The van der Waals surface area contributed by atoms with E-state index >= 15 is 0 Å². The van der Waals surface area contributed by atoms with Gasteiger partial charge in [0, 0.05) is 11.6 Å². The molecule has 0 saturated carbocycles. The van der Waals surface area contributed by atoms with E-state index in [-0.39, 0.29) is 11.5 Å². The monoisotopic (exact) mass is 275 g/mol. The molecule has 0 unspecified atom stereocenters. The summed E-state index contributed by atoms with van der Waals surface area (Å²) in [7, 11) is 3.00. The van der Waals surface area contributed by atoms with Gasteiger partial charge in [-0.25, -0.2) is 4.98 Å². The van der Waals surface area contributed by atoms with Crippen molar-refractivity contribution in [2.45, 2.75) is 0 Å². The second kappa shape index (κ2) is 5.43. The van der Waals surface area contributed by atoms with E-state index in [4.69, 9.17) is 15.2 Å². The number of benzene rings is 1. The number of aromatic nitrogens is 1. The van der Waals surface area contributed by atoms with Gasteiger partial charge in [-0.2, -0.15) is 0 Å². The second-order valence-corrected chi connectivity index (χ2v) is 3.93. The van der Waals surface area contributed by atoms with E-state index in [1.807, 2.05) is 0 Å². The summed E-state index contributed by atoms with van der Waals surface area (Å²) in [6.45, 7) is 0. The molecule has 7 nitrogen and oxygen atoms in total. The van der Waals surface area contributed by atoms with E-state index in [9.17, 15) is 10.1 Å². The highest BCUT2D eigenvalue weighted by atomic mass is 16.6. The van der Waals surface area contributed by atoms with Crippen LogP contribution < -0.4 is 15.2 Å². The van der Waals surface area contributed by atoms with Gasteiger partial charge in [0.15, 0.2) is 11.5 Å². The highest BCUT2D eigenvalue weighted by Gasteiger charge is 2.16. The molecule has 0 amide bonds. The van der Waals surface area contributed by atoms with Gasteiger partial charge in [-0.1, -0.05) is 6.07 Å². The van der Waals surface area contributed by atoms with Crippen molar-refractivity contribution in [2.75, 3.05) is 20.0 Å². The number of rotatable bonds is 4. The third-order valence-corrected chi connectivity index (χ3v) is 2.72. The fourth-order valence-corrected chi connectivity index (χ4v) is 1.87. The maximum Gasteiger partial charge on any atom is 0.275 e. The highest BCUT2D eigenvalue weighted by molar-refractivity contribution is 5.73. The number of nitrogens with two attached hydrogens (primary N) is 1. The zero-order valence-electron chi connectivity index (χ0n) is 11.0. The molecule has 0 aliphatic heterocycles. The fourth-order valence-electron chi connectivity index (χ4n) is 1.87. The lowest BCUT2D eigenvalue weighted by Crippen LogP contribution is -1.99. The molecule has 0 atom stereocenters. The number of hydrogen-bond donors (Lipinski definition) is 1. The minimum atomic E-state index is -0.520. The number of methoxy groups -OCH3 is 2. The van der Waals surface area contributed by atoms with Crippen LogP contribution in [-0.4, -0.2) is 24.1 Å². The van der Waals surface area contributed by atoms with Crippen molar-refractivity contribution in [2.24, 2.45) is 0 Å². The van der Waals surface area contributed by atoms with Gasteiger partial charge < -0.3 is 15.2 Å². The molecule has 2 aromatic rings. The van der Waals surface area contributed by atoms with Crippen LogP contribution in [0.15, 0.2) is 30.3 Å². The van der Waals surface area contributed by atoms with Gasteiger partial charge in [0.05, 0.1) is 30.9 Å². The van der Waals surface area contributed by atoms with Crippen LogP contribution in [0.2, 0.25) is 0 Å². The Kier molecular flexibility index (Phi) is 3.69. The number of anilines is 1. The molecule has 2 N–H and O–H groups in total. The summed E-state index contributed by atoms with van der Waals surface area (Å²) in [6.07, 6.45) is 0. The van der Waals surface area contributed by atoms with Crippen LogP contribution >= 0.6 is 0 Å². The van der Waals surface area contributed by atoms with Crippen LogP contribution in [0.5, 0.6) is 11.5 Å². The summed E-state index contributed by atoms with van der Waals surface area (Å²) in [6, 6.07) is 7.74. The first-order valence-corrected chi connectivity index (χ1v) is 5.70. The molecule has 2 rings (SSSR count). The molecule has 0 radical (unpaired) electrons. The highest BCUT2D eigenvalue weighted by Crippen LogP contribution is 2.38. The maximum atomic E-state index is 10.9. The van der Waals surface area contributed by atoms with Crippen molar-refractivity contribution in [3.05, 3.63) is 40.4 Å². The van der Waals surface area contributed by atoms with Crippen LogP contribution in [-0.2, 0) is 0 Å². The largest absolute Gasteiger partial charge is 0.493 e. The standard InChI is InChI=1S/C13H13N3O4/c1-19-11-5-3-4-9(13(11)20-2)10-6-8(16(17)18)7-12(14)15-10/h3-7H,1-2H3,(H2,14,15). The lowest BCUT2D eigenvalue weighted by atomic mass is 10.1. The van der Waals surface area contributed by atoms with Gasteiger partial charge in [-0.15, -0.1) is 0 Å². The first kappa shape index (κ1) is 13.6. The smallest absolute Gasteiger partial charge is 0.275 e. The Morgan fingerprint density at radius 1 is 1.25 bits per heavy atom. The summed E-state index contributed by atoms with van der Waals surface area (Å²) in [4.78, 5) is 14.5. The summed E-state index contributed by atoms with van der Waals surface area (Å²) < 4.78 is 10.5. The zero-order chi connectivity index (χ0) is 14.7. The molecule has 0 spiro atoms. The van der Waals surface area contributed by atoms with Gasteiger partial charge in [0.25, 0.3) is 5.69 Å². The molecule has 20 heavy (non-hydrogen) atoms. The van der Waals surface area contributed by atoms with Gasteiger partial charge in [-0.05, 0) is 12.1 Å². The minimum Gasteiger partial charge on any atom is -0.493 e. The Hall–Kier alpha value is -2.83. The molecule has 0 fully saturated rings. The molecular weight excluding hydrogens is 262 g/mol. The predicted molar refractivity (Wildman–Crippen MR) is 73.8 cm³/mol. The molecule has 1 aromatic heterocycles. The Morgan fingerprint density at radius 2 is 2.00 bits per heavy atom. The third kappa shape index (κ3) is 2.46. The SMILES string of the molecule is COc1cccc(-c2cc([N+](=O)[O-])cc(N)n2)c1OC. The summed E-state index contributed by atoms with van der Waals surface area (Å²) >= 11 is 0. The van der Waals surface area contributed by atoms with Crippen LogP contribution in [0, 0.1) is 10.1 Å². The average molecular weight is 275 g/mol. The number of hydrogen-bond acceptors (Lipinski definition) is 6.